The second kappa shape index (κ2) is 8.22. The summed E-state index contributed by atoms with van der Waals surface area (Å²) in [6.07, 6.45) is 5.51. The Kier molecular flexibility index (Phi) is 6.96. The molecule has 0 bridgehead atoms. The van der Waals surface area contributed by atoms with Crippen LogP contribution in [0.3, 0.4) is 0 Å². The number of sulfonamides is 1. The zero-order valence-electron chi connectivity index (χ0n) is 11.9. The van der Waals surface area contributed by atoms with Gasteiger partial charge < -0.3 is 5.32 Å². The van der Waals surface area contributed by atoms with Crippen molar-refractivity contribution in [3.8, 4) is 6.07 Å². The number of rotatable bonds is 8. The molecule has 1 unspecified atom stereocenters. The fourth-order valence-corrected chi connectivity index (χ4v) is 3.62. The number of carbonyl (C=O) groups is 1. The molecule has 0 aromatic carbocycles. The molecule has 114 valence electrons. The summed E-state index contributed by atoms with van der Waals surface area (Å²) < 4.78 is 25.9. The van der Waals surface area contributed by atoms with Crippen molar-refractivity contribution in [3.05, 3.63) is 0 Å². The molecule has 1 aliphatic rings. The summed E-state index contributed by atoms with van der Waals surface area (Å²) in [5.74, 6) is -0.312. The first-order valence-electron chi connectivity index (χ1n) is 7.12. The van der Waals surface area contributed by atoms with E-state index in [1.165, 1.54) is 0 Å². The van der Waals surface area contributed by atoms with E-state index in [-0.39, 0.29) is 17.7 Å². The molecule has 7 heteroatoms. The molecule has 0 aromatic rings. The number of carbonyl (C=O) groups excluding carboxylic acids is 1. The van der Waals surface area contributed by atoms with E-state index in [0.29, 0.717) is 19.3 Å². The van der Waals surface area contributed by atoms with Gasteiger partial charge in [-0.2, -0.15) is 5.26 Å². The normalized spacial score (nSPS) is 17.6. The van der Waals surface area contributed by atoms with Crippen molar-refractivity contribution in [1.29, 1.82) is 5.26 Å². The fraction of sp³-hybridized carbons (Fsp3) is 0.846. The van der Waals surface area contributed by atoms with Crippen molar-refractivity contribution in [2.75, 3.05) is 5.75 Å². The standard InChI is InChI=1S/C13H23N3O3S/c1-11(13(17)15-12-7-3-4-8-12)16-20(18,19)10-6-2-5-9-14/h11-12,16H,2-8,10H2,1H3,(H,15,17). The smallest absolute Gasteiger partial charge is 0.238 e. The third-order valence-electron chi connectivity index (χ3n) is 3.40. The van der Waals surface area contributed by atoms with Gasteiger partial charge in [0.1, 0.15) is 0 Å². The van der Waals surface area contributed by atoms with Gasteiger partial charge in [-0.05, 0) is 32.6 Å². The van der Waals surface area contributed by atoms with Gasteiger partial charge in [-0.3, -0.25) is 4.79 Å². The van der Waals surface area contributed by atoms with E-state index >= 15 is 0 Å². The molecule has 2 N–H and O–H groups in total. The largest absolute Gasteiger partial charge is 0.352 e. The molecule has 20 heavy (non-hydrogen) atoms. The van der Waals surface area contributed by atoms with Crippen molar-refractivity contribution in [2.45, 2.75) is 64.0 Å². The molecule has 0 aromatic heterocycles. The van der Waals surface area contributed by atoms with Crippen LogP contribution >= 0.6 is 0 Å². The zero-order chi connectivity index (χ0) is 15.0. The van der Waals surface area contributed by atoms with Crippen LogP contribution in [0.25, 0.3) is 0 Å². The van der Waals surface area contributed by atoms with Crippen molar-refractivity contribution in [3.63, 3.8) is 0 Å². The molecule has 1 fully saturated rings. The number of nitrogens with zero attached hydrogens (tertiary/aromatic N) is 1. The second-order valence-corrected chi connectivity index (χ2v) is 7.14. The number of hydrogen-bond donors (Lipinski definition) is 2. The molecular formula is C13H23N3O3S. The van der Waals surface area contributed by atoms with Crippen LogP contribution in [0.2, 0.25) is 0 Å². The first kappa shape index (κ1) is 16.9. The lowest BCUT2D eigenvalue weighted by molar-refractivity contribution is -0.123. The number of nitrogens with one attached hydrogen (secondary N) is 2. The molecule has 0 saturated heterocycles. The highest BCUT2D eigenvalue weighted by Gasteiger charge is 2.23. The average molecular weight is 301 g/mol. The van der Waals surface area contributed by atoms with Crippen LogP contribution in [0.15, 0.2) is 0 Å². The fourth-order valence-electron chi connectivity index (χ4n) is 2.27. The molecule has 1 rings (SSSR count). The minimum absolute atomic E-state index is 0.0459. The molecule has 6 nitrogen and oxygen atoms in total. The van der Waals surface area contributed by atoms with Gasteiger partial charge in [0.2, 0.25) is 15.9 Å². The van der Waals surface area contributed by atoms with Gasteiger partial charge in [0.15, 0.2) is 0 Å². The molecule has 0 spiro atoms. The molecular weight excluding hydrogens is 278 g/mol. The van der Waals surface area contributed by atoms with Crippen LogP contribution < -0.4 is 10.0 Å². The Labute approximate surface area is 121 Å². The molecule has 1 atom stereocenters. The molecule has 1 saturated carbocycles. The van der Waals surface area contributed by atoms with Gasteiger partial charge >= 0.3 is 0 Å². The summed E-state index contributed by atoms with van der Waals surface area (Å²) >= 11 is 0. The maximum absolute atomic E-state index is 11.9. The Bertz CT molecular complexity index is 450. The number of unbranched alkanes of at least 4 members (excludes halogenated alkanes) is 2. The highest BCUT2D eigenvalue weighted by atomic mass is 32.2. The minimum Gasteiger partial charge on any atom is -0.352 e. The highest BCUT2D eigenvalue weighted by Crippen LogP contribution is 2.17. The van der Waals surface area contributed by atoms with Crippen molar-refractivity contribution in [1.82, 2.24) is 10.0 Å². The van der Waals surface area contributed by atoms with Crippen LogP contribution in [-0.2, 0) is 14.8 Å². The third-order valence-corrected chi connectivity index (χ3v) is 4.94. The summed E-state index contributed by atoms with van der Waals surface area (Å²) in [7, 11) is -3.46. The lowest BCUT2D eigenvalue weighted by Gasteiger charge is -2.17. The lowest BCUT2D eigenvalue weighted by atomic mass is 10.2. The predicted molar refractivity (Wildman–Crippen MR) is 76.2 cm³/mol. The summed E-state index contributed by atoms with van der Waals surface area (Å²) in [6.45, 7) is 1.55. The predicted octanol–water partition coefficient (Wildman–Crippen LogP) is 1.05. The van der Waals surface area contributed by atoms with Crippen molar-refractivity contribution >= 4 is 15.9 Å². The van der Waals surface area contributed by atoms with E-state index in [2.05, 4.69) is 10.0 Å². The molecule has 1 aliphatic carbocycles. The summed E-state index contributed by atoms with van der Waals surface area (Å²) in [5.41, 5.74) is 0. The SMILES string of the molecule is CC(NS(=O)(=O)CCCCC#N)C(=O)NC1CCCC1. The maximum atomic E-state index is 11.9. The van der Waals surface area contributed by atoms with Crippen LogP contribution in [-0.4, -0.2) is 32.2 Å². The molecule has 0 heterocycles. The number of hydrogen-bond acceptors (Lipinski definition) is 4. The van der Waals surface area contributed by atoms with Crippen molar-refractivity contribution < 1.29 is 13.2 Å². The Balaban J connectivity index is 2.33. The van der Waals surface area contributed by atoms with Crippen LogP contribution in [0.1, 0.15) is 51.9 Å². The topological polar surface area (TPSA) is 99.1 Å². The lowest BCUT2D eigenvalue weighted by Crippen LogP contribution is -2.47. The quantitative estimate of drug-likeness (QED) is 0.654. The van der Waals surface area contributed by atoms with Crippen LogP contribution in [0.4, 0.5) is 0 Å². The second-order valence-electron chi connectivity index (χ2n) is 5.26. The van der Waals surface area contributed by atoms with Gasteiger partial charge in [-0.25, -0.2) is 13.1 Å². The van der Waals surface area contributed by atoms with E-state index in [1.807, 2.05) is 6.07 Å². The summed E-state index contributed by atoms with van der Waals surface area (Å²) in [6, 6.07) is 1.41. The Morgan fingerprint density at radius 2 is 2.00 bits per heavy atom. The van der Waals surface area contributed by atoms with Crippen LogP contribution in [0.5, 0.6) is 0 Å². The van der Waals surface area contributed by atoms with E-state index < -0.39 is 16.1 Å². The first-order valence-corrected chi connectivity index (χ1v) is 8.77. The summed E-state index contributed by atoms with van der Waals surface area (Å²) in [4.78, 5) is 11.9. The molecule has 1 amide bonds. The Morgan fingerprint density at radius 3 is 2.60 bits per heavy atom. The van der Waals surface area contributed by atoms with Crippen LogP contribution in [0, 0.1) is 11.3 Å². The highest BCUT2D eigenvalue weighted by molar-refractivity contribution is 7.89. The van der Waals surface area contributed by atoms with Gasteiger partial charge in [0.05, 0.1) is 17.9 Å². The van der Waals surface area contributed by atoms with Gasteiger partial charge in [0, 0.05) is 12.5 Å². The Morgan fingerprint density at radius 1 is 1.35 bits per heavy atom. The zero-order valence-corrected chi connectivity index (χ0v) is 12.7. The van der Waals surface area contributed by atoms with Gasteiger partial charge in [-0.15, -0.1) is 0 Å². The number of amides is 1. The van der Waals surface area contributed by atoms with Gasteiger partial charge in [0.25, 0.3) is 0 Å². The maximum Gasteiger partial charge on any atom is 0.238 e. The van der Waals surface area contributed by atoms with E-state index in [9.17, 15) is 13.2 Å². The first-order chi connectivity index (χ1) is 9.44. The van der Waals surface area contributed by atoms with Crippen molar-refractivity contribution in [2.24, 2.45) is 0 Å². The average Bonchev–Trinajstić information content (AvgIpc) is 2.87. The molecule has 0 aliphatic heterocycles. The van der Waals surface area contributed by atoms with E-state index in [0.717, 1.165) is 25.7 Å². The summed E-state index contributed by atoms with van der Waals surface area (Å²) in [5, 5.41) is 11.3. The number of nitriles is 1. The molecule has 0 radical (unpaired) electrons. The third kappa shape index (κ3) is 6.35. The van der Waals surface area contributed by atoms with Gasteiger partial charge in [-0.1, -0.05) is 12.8 Å². The monoisotopic (exact) mass is 301 g/mol. The minimum atomic E-state index is -3.46. The Hall–Kier alpha value is -1.13. The van der Waals surface area contributed by atoms with E-state index in [4.69, 9.17) is 5.26 Å². The van der Waals surface area contributed by atoms with E-state index in [1.54, 1.807) is 6.92 Å².